The highest BCUT2D eigenvalue weighted by molar-refractivity contribution is 9.10. The molecule has 0 amide bonds. The summed E-state index contributed by atoms with van der Waals surface area (Å²) in [6.07, 6.45) is 0. The summed E-state index contributed by atoms with van der Waals surface area (Å²) in [6, 6.07) is 13.3. The predicted molar refractivity (Wildman–Crippen MR) is 86.8 cm³/mol. The summed E-state index contributed by atoms with van der Waals surface area (Å²) in [5.74, 6) is -0.154. The summed E-state index contributed by atoms with van der Waals surface area (Å²) in [5.41, 5.74) is 0.735. The van der Waals surface area contributed by atoms with E-state index in [4.69, 9.17) is 0 Å². The van der Waals surface area contributed by atoms with Crippen molar-refractivity contribution in [2.45, 2.75) is 29.7 Å². The van der Waals surface area contributed by atoms with Gasteiger partial charge in [0.05, 0.1) is 0 Å². The van der Waals surface area contributed by atoms with E-state index >= 15 is 0 Å². The van der Waals surface area contributed by atoms with Gasteiger partial charge in [-0.2, -0.15) is 0 Å². The fourth-order valence-corrected chi connectivity index (χ4v) is 3.76. The molecule has 4 heteroatoms. The lowest BCUT2D eigenvalue weighted by Crippen LogP contribution is -2.19. The number of hydrogen-bond donors (Lipinski definition) is 1. The van der Waals surface area contributed by atoms with E-state index in [9.17, 15) is 4.39 Å². The molecular weight excluding hydrogens is 337 g/mol. The minimum atomic E-state index is -0.154. The van der Waals surface area contributed by atoms with Crippen LogP contribution in [0.3, 0.4) is 0 Å². The van der Waals surface area contributed by atoms with Crippen LogP contribution < -0.4 is 5.32 Å². The molecule has 1 N–H and O–H groups in total. The van der Waals surface area contributed by atoms with E-state index in [1.54, 1.807) is 17.8 Å². The molecule has 2 rings (SSSR count). The Labute approximate surface area is 132 Å². The normalized spacial score (nSPS) is 12.4. The Bertz CT molecular complexity index is 588. The van der Waals surface area contributed by atoms with Gasteiger partial charge in [-0.05, 0) is 43.8 Å². The van der Waals surface area contributed by atoms with E-state index in [-0.39, 0.29) is 11.9 Å². The summed E-state index contributed by atoms with van der Waals surface area (Å²) in [5, 5.41) is 3.28. The monoisotopic (exact) mass is 353 g/mol. The lowest BCUT2D eigenvalue weighted by atomic mass is 10.1. The standard InChI is InChI=1S/C16H17BrFNS/c1-3-19-11(2)16-14(18)8-5-9-15(16)20-13-7-4-6-12(17)10-13/h4-11,19H,3H2,1-2H3. The smallest absolute Gasteiger partial charge is 0.129 e. The zero-order chi connectivity index (χ0) is 14.5. The third kappa shape index (κ3) is 3.84. The van der Waals surface area contributed by atoms with E-state index in [0.29, 0.717) is 0 Å². The zero-order valence-corrected chi connectivity index (χ0v) is 13.9. The van der Waals surface area contributed by atoms with Gasteiger partial charge in [0.25, 0.3) is 0 Å². The summed E-state index contributed by atoms with van der Waals surface area (Å²) < 4.78 is 15.2. The Morgan fingerprint density at radius 3 is 2.70 bits per heavy atom. The van der Waals surface area contributed by atoms with Crippen molar-refractivity contribution in [2.24, 2.45) is 0 Å². The largest absolute Gasteiger partial charge is 0.310 e. The SMILES string of the molecule is CCNC(C)c1c(F)cccc1Sc1cccc(Br)c1. The maximum atomic E-state index is 14.1. The van der Waals surface area contributed by atoms with Gasteiger partial charge in [0, 0.05) is 25.9 Å². The molecule has 1 atom stereocenters. The van der Waals surface area contributed by atoms with E-state index in [1.807, 2.05) is 44.2 Å². The van der Waals surface area contributed by atoms with Crippen LogP contribution >= 0.6 is 27.7 Å². The van der Waals surface area contributed by atoms with Crippen molar-refractivity contribution >= 4 is 27.7 Å². The highest BCUT2D eigenvalue weighted by Gasteiger charge is 2.15. The van der Waals surface area contributed by atoms with Crippen molar-refractivity contribution in [1.82, 2.24) is 5.32 Å². The van der Waals surface area contributed by atoms with Crippen molar-refractivity contribution in [3.05, 3.63) is 58.3 Å². The number of hydrogen-bond acceptors (Lipinski definition) is 2. The number of halogens is 2. The Hall–Kier alpha value is -0.840. The van der Waals surface area contributed by atoms with Crippen LogP contribution in [-0.4, -0.2) is 6.54 Å². The van der Waals surface area contributed by atoms with Crippen LogP contribution in [0.5, 0.6) is 0 Å². The molecule has 0 aromatic heterocycles. The van der Waals surface area contributed by atoms with E-state index < -0.39 is 0 Å². The van der Waals surface area contributed by atoms with Gasteiger partial charge >= 0.3 is 0 Å². The van der Waals surface area contributed by atoms with Gasteiger partial charge in [-0.1, -0.05) is 46.7 Å². The van der Waals surface area contributed by atoms with Gasteiger partial charge in [0.2, 0.25) is 0 Å². The van der Waals surface area contributed by atoms with Gasteiger partial charge < -0.3 is 5.32 Å². The molecule has 0 aliphatic heterocycles. The van der Waals surface area contributed by atoms with Crippen molar-refractivity contribution in [2.75, 3.05) is 6.54 Å². The molecule has 0 saturated carbocycles. The molecule has 0 spiro atoms. The third-order valence-electron chi connectivity index (χ3n) is 2.98. The Morgan fingerprint density at radius 2 is 2.00 bits per heavy atom. The van der Waals surface area contributed by atoms with Gasteiger partial charge in [0.15, 0.2) is 0 Å². The molecule has 0 bridgehead atoms. The average Bonchev–Trinajstić information content (AvgIpc) is 2.39. The molecule has 1 unspecified atom stereocenters. The second kappa shape index (κ2) is 7.25. The fraction of sp³-hybridized carbons (Fsp3) is 0.250. The first-order valence-corrected chi connectivity index (χ1v) is 8.18. The molecule has 0 saturated heterocycles. The van der Waals surface area contributed by atoms with E-state index in [1.165, 1.54) is 6.07 Å². The van der Waals surface area contributed by atoms with Crippen LogP contribution in [-0.2, 0) is 0 Å². The number of benzene rings is 2. The molecule has 0 aliphatic carbocycles. The quantitative estimate of drug-likeness (QED) is 0.771. The topological polar surface area (TPSA) is 12.0 Å². The van der Waals surface area contributed by atoms with Crippen LogP contribution in [0.1, 0.15) is 25.5 Å². The minimum Gasteiger partial charge on any atom is -0.310 e. The highest BCUT2D eigenvalue weighted by Crippen LogP contribution is 2.35. The summed E-state index contributed by atoms with van der Waals surface area (Å²) in [4.78, 5) is 2.05. The summed E-state index contributed by atoms with van der Waals surface area (Å²) in [7, 11) is 0. The lowest BCUT2D eigenvalue weighted by molar-refractivity contribution is 0.531. The van der Waals surface area contributed by atoms with Crippen molar-refractivity contribution in [1.29, 1.82) is 0 Å². The van der Waals surface area contributed by atoms with Crippen molar-refractivity contribution in [3.63, 3.8) is 0 Å². The molecule has 0 aliphatic rings. The van der Waals surface area contributed by atoms with Crippen LogP contribution in [0.15, 0.2) is 56.7 Å². The van der Waals surface area contributed by atoms with Crippen LogP contribution in [0.4, 0.5) is 4.39 Å². The second-order valence-electron chi connectivity index (χ2n) is 4.49. The summed E-state index contributed by atoms with van der Waals surface area (Å²) in [6.45, 7) is 4.84. The number of rotatable bonds is 5. The Balaban J connectivity index is 2.34. The van der Waals surface area contributed by atoms with E-state index in [2.05, 4.69) is 21.2 Å². The molecule has 106 valence electrons. The molecule has 2 aromatic carbocycles. The first-order chi connectivity index (χ1) is 9.61. The van der Waals surface area contributed by atoms with Gasteiger partial charge in [-0.15, -0.1) is 0 Å². The molecule has 0 heterocycles. The van der Waals surface area contributed by atoms with Crippen LogP contribution in [0, 0.1) is 5.82 Å². The predicted octanol–water partition coefficient (Wildman–Crippen LogP) is 5.41. The van der Waals surface area contributed by atoms with Gasteiger partial charge in [-0.3, -0.25) is 0 Å². The Morgan fingerprint density at radius 1 is 1.25 bits per heavy atom. The van der Waals surface area contributed by atoms with Crippen molar-refractivity contribution in [3.8, 4) is 0 Å². The van der Waals surface area contributed by atoms with Gasteiger partial charge in [0.1, 0.15) is 5.82 Å². The molecule has 20 heavy (non-hydrogen) atoms. The molecule has 2 aromatic rings. The lowest BCUT2D eigenvalue weighted by Gasteiger charge is -2.17. The minimum absolute atomic E-state index is 0.00384. The van der Waals surface area contributed by atoms with Crippen molar-refractivity contribution < 1.29 is 4.39 Å². The first kappa shape index (κ1) is 15.5. The Kier molecular flexibility index (Phi) is 5.64. The molecule has 0 radical (unpaired) electrons. The maximum absolute atomic E-state index is 14.1. The average molecular weight is 354 g/mol. The summed E-state index contributed by atoms with van der Waals surface area (Å²) >= 11 is 5.05. The first-order valence-electron chi connectivity index (χ1n) is 6.57. The van der Waals surface area contributed by atoms with Crippen LogP contribution in [0.25, 0.3) is 0 Å². The van der Waals surface area contributed by atoms with Gasteiger partial charge in [-0.25, -0.2) is 4.39 Å². The third-order valence-corrected chi connectivity index (χ3v) is 4.54. The fourth-order valence-electron chi connectivity index (χ4n) is 2.09. The second-order valence-corrected chi connectivity index (χ2v) is 6.52. The maximum Gasteiger partial charge on any atom is 0.129 e. The highest BCUT2D eigenvalue weighted by atomic mass is 79.9. The zero-order valence-electron chi connectivity index (χ0n) is 11.5. The van der Waals surface area contributed by atoms with Crippen LogP contribution in [0.2, 0.25) is 0 Å². The molecule has 1 nitrogen and oxygen atoms in total. The van der Waals surface area contributed by atoms with E-state index in [0.717, 1.165) is 26.4 Å². The molecule has 0 fully saturated rings. The molecular formula is C16H17BrFNS. The number of nitrogens with one attached hydrogen (secondary N) is 1.